The van der Waals surface area contributed by atoms with E-state index in [1.165, 1.54) is 60.9 Å². The molecule has 1 nitrogen and oxygen atoms in total. The first-order valence-corrected chi connectivity index (χ1v) is 13.8. The number of benzene rings is 5. The number of aromatic nitrogens is 1. The molecule has 5 aromatic carbocycles. The van der Waals surface area contributed by atoms with Crippen LogP contribution in [0.4, 0.5) is 0 Å². The van der Waals surface area contributed by atoms with Gasteiger partial charge < -0.3 is 4.57 Å². The monoisotopic (exact) mass is 505 g/mol. The lowest BCUT2D eigenvalue weighted by molar-refractivity contribution is 0.531. The van der Waals surface area contributed by atoms with Crippen LogP contribution >= 0.6 is 0 Å². The van der Waals surface area contributed by atoms with E-state index in [1.807, 2.05) is 0 Å². The Bertz CT molecular complexity index is 1800. The minimum Gasteiger partial charge on any atom is -0.309 e. The maximum absolute atomic E-state index is 2.41. The van der Waals surface area contributed by atoms with E-state index in [0.717, 1.165) is 6.42 Å². The predicted molar refractivity (Wildman–Crippen MR) is 169 cm³/mol. The molecule has 0 fully saturated rings. The lowest BCUT2D eigenvalue weighted by Gasteiger charge is -2.26. The van der Waals surface area contributed by atoms with E-state index in [2.05, 4.69) is 160 Å². The summed E-state index contributed by atoms with van der Waals surface area (Å²) in [6.07, 6.45) is 3.41. The minimum atomic E-state index is 0.0820. The van der Waals surface area contributed by atoms with Crippen molar-refractivity contribution in [1.82, 2.24) is 4.57 Å². The van der Waals surface area contributed by atoms with Crippen molar-refractivity contribution < 1.29 is 0 Å². The summed E-state index contributed by atoms with van der Waals surface area (Å²) >= 11 is 0. The number of rotatable bonds is 6. The first kappa shape index (κ1) is 24.9. The number of para-hydroxylation sites is 1. The number of hydrogen-bond donors (Lipinski definition) is 0. The average Bonchev–Trinajstić information content (AvgIpc) is 3.30. The lowest BCUT2D eigenvalue weighted by Crippen LogP contribution is -2.17. The third-order valence-electron chi connectivity index (χ3n) is 8.15. The van der Waals surface area contributed by atoms with Gasteiger partial charge in [0.1, 0.15) is 0 Å². The zero-order valence-corrected chi connectivity index (χ0v) is 23.3. The largest absolute Gasteiger partial charge is 0.309 e. The SMILES string of the molecule is C/C(=C\CC(C)(C)c1ccccc1C)c1ccc2c(c1)c1ccccc1n2-c1ccc(-c2ccccc2)cc1. The van der Waals surface area contributed by atoms with Crippen molar-refractivity contribution in [3.8, 4) is 16.8 Å². The van der Waals surface area contributed by atoms with Gasteiger partial charge in [-0.05, 0) is 89.4 Å². The molecule has 0 aliphatic carbocycles. The van der Waals surface area contributed by atoms with Gasteiger partial charge in [-0.2, -0.15) is 0 Å². The Balaban J connectivity index is 1.38. The Hall–Kier alpha value is -4.36. The van der Waals surface area contributed by atoms with Crippen LogP contribution in [0.2, 0.25) is 0 Å². The molecular formula is C38H35N. The molecule has 1 heterocycles. The zero-order chi connectivity index (χ0) is 27.0. The summed E-state index contributed by atoms with van der Waals surface area (Å²) in [5.41, 5.74) is 11.6. The molecule has 0 atom stereocenters. The smallest absolute Gasteiger partial charge is 0.0541 e. The average molecular weight is 506 g/mol. The van der Waals surface area contributed by atoms with Gasteiger partial charge in [0.15, 0.2) is 0 Å². The second-order valence-corrected chi connectivity index (χ2v) is 11.3. The summed E-state index contributed by atoms with van der Waals surface area (Å²) in [6, 6.07) is 44.0. The maximum atomic E-state index is 2.41. The Labute approximate surface area is 232 Å². The fraction of sp³-hybridized carbons (Fsp3) is 0.158. The highest BCUT2D eigenvalue weighted by molar-refractivity contribution is 6.10. The maximum Gasteiger partial charge on any atom is 0.0541 e. The molecule has 192 valence electrons. The van der Waals surface area contributed by atoms with Gasteiger partial charge in [-0.3, -0.25) is 0 Å². The van der Waals surface area contributed by atoms with Crippen LogP contribution in [0.5, 0.6) is 0 Å². The Morgan fingerprint density at radius 2 is 1.31 bits per heavy atom. The number of fused-ring (bicyclic) bond motifs is 3. The molecule has 0 unspecified atom stereocenters. The van der Waals surface area contributed by atoms with E-state index >= 15 is 0 Å². The molecule has 0 spiro atoms. The summed E-state index contributed by atoms with van der Waals surface area (Å²) < 4.78 is 2.39. The van der Waals surface area contributed by atoms with E-state index < -0.39 is 0 Å². The number of allylic oxidation sites excluding steroid dienone is 2. The topological polar surface area (TPSA) is 4.93 Å². The van der Waals surface area contributed by atoms with Crippen LogP contribution in [0.25, 0.3) is 44.2 Å². The molecule has 0 saturated carbocycles. The van der Waals surface area contributed by atoms with E-state index in [0.29, 0.717) is 0 Å². The van der Waals surface area contributed by atoms with Crippen LogP contribution < -0.4 is 0 Å². The molecule has 0 saturated heterocycles. The fourth-order valence-corrected chi connectivity index (χ4v) is 5.90. The van der Waals surface area contributed by atoms with Crippen molar-refractivity contribution in [2.45, 2.75) is 39.5 Å². The van der Waals surface area contributed by atoms with Crippen LogP contribution in [-0.4, -0.2) is 4.57 Å². The van der Waals surface area contributed by atoms with E-state index in [-0.39, 0.29) is 5.41 Å². The zero-order valence-electron chi connectivity index (χ0n) is 23.3. The highest BCUT2D eigenvalue weighted by Crippen LogP contribution is 2.36. The summed E-state index contributed by atoms with van der Waals surface area (Å²) in [7, 11) is 0. The van der Waals surface area contributed by atoms with Crippen molar-refractivity contribution in [2.75, 3.05) is 0 Å². The first-order valence-electron chi connectivity index (χ1n) is 13.8. The molecule has 0 aliphatic heterocycles. The Kier molecular flexibility index (Phi) is 6.45. The summed E-state index contributed by atoms with van der Waals surface area (Å²) in [5.74, 6) is 0. The first-order chi connectivity index (χ1) is 18.9. The lowest BCUT2D eigenvalue weighted by atomic mass is 9.79. The van der Waals surface area contributed by atoms with Crippen molar-refractivity contribution in [1.29, 1.82) is 0 Å². The second-order valence-electron chi connectivity index (χ2n) is 11.3. The van der Waals surface area contributed by atoms with Gasteiger partial charge in [-0.25, -0.2) is 0 Å². The Morgan fingerprint density at radius 1 is 0.667 bits per heavy atom. The fourth-order valence-electron chi connectivity index (χ4n) is 5.90. The van der Waals surface area contributed by atoms with Crippen LogP contribution in [0.1, 0.15) is 43.9 Å². The molecular weight excluding hydrogens is 470 g/mol. The van der Waals surface area contributed by atoms with E-state index in [9.17, 15) is 0 Å². The molecule has 1 aromatic heterocycles. The van der Waals surface area contributed by atoms with Crippen LogP contribution in [-0.2, 0) is 5.41 Å². The van der Waals surface area contributed by atoms with Gasteiger partial charge in [0, 0.05) is 16.5 Å². The van der Waals surface area contributed by atoms with Gasteiger partial charge in [0.05, 0.1) is 11.0 Å². The van der Waals surface area contributed by atoms with Gasteiger partial charge in [0.25, 0.3) is 0 Å². The molecule has 6 aromatic rings. The molecule has 39 heavy (non-hydrogen) atoms. The van der Waals surface area contributed by atoms with Gasteiger partial charge in [-0.1, -0.05) is 111 Å². The molecule has 6 rings (SSSR count). The van der Waals surface area contributed by atoms with Gasteiger partial charge >= 0.3 is 0 Å². The van der Waals surface area contributed by atoms with Crippen molar-refractivity contribution in [2.24, 2.45) is 0 Å². The summed E-state index contributed by atoms with van der Waals surface area (Å²) in [5, 5.41) is 2.58. The molecule has 0 amide bonds. The predicted octanol–water partition coefficient (Wildman–Crippen LogP) is 10.5. The summed E-state index contributed by atoms with van der Waals surface area (Å²) in [4.78, 5) is 0. The molecule has 0 radical (unpaired) electrons. The van der Waals surface area contributed by atoms with Gasteiger partial charge in [0.2, 0.25) is 0 Å². The third-order valence-corrected chi connectivity index (χ3v) is 8.15. The highest BCUT2D eigenvalue weighted by Gasteiger charge is 2.21. The number of nitrogens with zero attached hydrogens (tertiary/aromatic N) is 1. The molecule has 0 N–H and O–H groups in total. The Morgan fingerprint density at radius 3 is 2.08 bits per heavy atom. The van der Waals surface area contributed by atoms with E-state index in [1.54, 1.807) is 0 Å². The standard InChI is InChI=1S/C38H35N/c1-27(24-25-38(3,4)35-16-10-8-12-28(35)2)31-20-23-37-34(26-31)33-15-9-11-17-36(33)39(37)32-21-18-30(19-22-32)29-13-6-5-7-14-29/h5-24,26H,25H2,1-4H3/b27-24+. The number of hydrogen-bond acceptors (Lipinski definition) is 0. The van der Waals surface area contributed by atoms with Crippen LogP contribution in [0.15, 0.2) is 127 Å². The second kappa shape index (κ2) is 10.1. The van der Waals surface area contributed by atoms with E-state index in [4.69, 9.17) is 0 Å². The van der Waals surface area contributed by atoms with Crippen molar-refractivity contribution >= 4 is 27.4 Å². The minimum absolute atomic E-state index is 0.0820. The van der Waals surface area contributed by atoms with Crippen LogP contribution in [0, 0.1) is 6.92 Å². The van der Waals surface area contributed by atoms with Crippen molar-refractivity contribution in [3.63, 3.8) is 0 Å². The molecule has 1 heteroatoms. The third kappa shape index (κ3) is 4.70. The summed E-state index contributed by atoms with van der Waals surface area (Å²) in [6.45, 7) is 9.15. The quantitative estimate of drug-likeness (QED) is 0.212. The van der Waals surface area contributed by atoms with Gasteiger partial charge in [-0.15, -0.1) is 0 Å². The van der Waals surface area contributed by atoms with Crippen LogP contribution in [0.3, 0.4) is 0 Å². The normalized spacial score (nSPS) is 12.4. The highest BCUT2D eigenvalue weighted by atomic mass is 15.0. The molecule has 0 aliphatic rings. The number of aryl methyl sites for hydroxylation is 1. The van der Waals surface area contributed by atoms with Crippen molar-refractivity contribution in [3.05, 3.63) is 144 Å². The molecule has 0 bridgehead atoms.